The Balaban J connectivity index is 2.32. The molecule has 6 heteroatoms. The zero-order valence-electron chi connectivity index (χ0n) is 6.82. The molecule has 0 saturated carbocycles. The second kappa shape index (κ2) is 2.74. The summed E-state index contributed by atoms with van der Waals surface area (Å²) in [6.45, 7) is 0. The van der Waals surface area contributed by atoms with Crippen molar-refractivity contribution in [3.63, 3.8) is 0 Å². The molecule has 2 heterocycles. The van der Waals surface area contributed by atoms with Crippen LogP contribution in [-0.2, 0) is 11.8 Å². The van der Waals surface area contributed by atoms with Crippen LogP contribution in [-0.4, -0.2) is 21.2 Å². The van der Waals surface area contributed by atoms with Crippen molar-refractivity contribution in [1.82, 2.24) is 9.78 Å². The monoisotopic (exact) mass is 190 g/mol. The number of aliphatic hydroxyl groups excluding tert-OH is 1. The summed E-state index contributed by atoms with van der Waals surface area (Å²) in [5.41, 5.74) is -0.0472. The van der Waals surface area contributed by atoms with E-state index in [-0.39, 0.29) is 11.3 Å². The Hall–Kier alpha value is -1.01. The van der Waals surface area contributed by atoms with Gasteiger partial charge in [-0.1, -0.05) is 0 Å². The lowest BCUT2D eigenvalue weighted by atomic mass is 10.2. The van der Waals surface area contributed by atoms with Crippen LogP contribution in [0.15, 0.2) is 6.20 Å². The third kappa shape index (κ3) is 1.42. The number of nitrogens with zero attached hydrogens (tertiary/aromatic N) is 2. The number of epoxide rings is 1. The number of halogens is 2. The number of alkyl halides is 2. The summed E-state index contributed by atoms with van der Waals surface area (Å²) >= 11 is 0. The van der Waals surface area contributed by atoms with Crippen LogP contribution >= 0.6 is 0 Å². The maximum Gasteiger partial charge on any atom is 0.282 e. The lowest BCUT2D eigenvalue weighted by molar-refractivity contribution is 0.143. The van der Waals surface area contributed by atoms with Crippen LogP contribution in [0.1, 0.15) is 23.8 Å². The second-order valence-corrected chi connectivity index (χ2v) is 2.89. The van der Waals surface area contributed by atoms with Gasteiger partial charge >= 0.3 is 0 Å². The molecule has 2 unspecified atom stereocenters. The van der Waals surface area contributed by atoms with Crippen LogP contribution in [0.5, 0.6) is 0 Å². The molecule has 0 radical (unpaired) electrons. The van der Waals surface area contributed by atoms with Crippen molar-refractivity contribution in [2.24, 2.45) is 7.05 Å². The van der Waals surface area contributed by atoms with E-state index < -0.39 is 18.8 Å². The molecule has 0 spiro atoms. The standard InChI is InChI=1S/C7H8F2N2O2/c1-11-2-3(5-7(12)13-5)4(10-11)6(8)9/h2,5-7,12H,1H3. The Morgan fingerprint density at radius 2 is 2.31 bits per heavy atom. The fourth-order valence-electron chi connectivity index (χ4n) is 1.24. The first-order valence-corrected chi connectivity index (χ1v) is 3.74. The van der Waals surface area contributed by atoms with Crippen LogP contribution in [0, 0.1) is 0 Å². The molecule has 0 aromatic carbocycles. The first-order valence-electron chi connectivity index (χ1n) is 3.74. The lowest BCUT2D eigenvalue weighted by Gasteiger charge is -1.94. The molecule has 0 amide bonds. The van der Waals surface area contributed by atoms with Crippen LogP contribution in [0.2, 0.25) is 0 Å². The molecule has 1 aromatic rings. The molecule has 0 bridgehead atoms. The zero-order chi connectivity index (χ0) is 9.59. The molecule has 1 N–H and O–H groups in total. The van der Waals surface area contributed by atoms with Crippen molar-refractivity contribution in [2.45, 2.75) is 18.8 Å². The molecule has 1 aliphatic rings. The second-order valence-electron chi connectivity index (χ2n) is 2.89. The highest BCUT2D eigenvalue weighted by molar-refractivity contribution is 5.24. The highest BCUT2D eigenvalue weighted by Crippen LogP contribution is 2.40. The van der Waals surface area contributed by atoms with Gasteiger partial charge in [0, 0.05) is 18.8 Å². The van der Waals surface area contributed by atoms with E-state index in [1.54, 1.807) is 7.05 Å². The van der Waals surface area contributed by atoms with E-state index in [0.29, 0.717) is 0 Å². The van der Waals surface area contributed by atoms with Crippen molar-refractivity contribution in [3.05, 3.63) is 17.5 Å². The van der Waals surface area contributed by atoms with E-state index >= 15 is 0 Å². The molecule has 1 fully saturated rings. The number of aryl methyl sites for hydroxylation is 1. The van der Waals surface area contributed by atoms with E-state index in [1.807, 2.05) is 0 Å². The topological polar surface area (TPSA) is 50.6 Å². The third-order valence-corrected chi connectivity index (χ3v) is 1.87. The number of aliphatic hydroxyl groups is 1. The molecule has 1 aromatic heterocycles. The fourth-order valence-corrected chi connectivity index (χ4v) is 1.24. The number of hydrogen-bond donors (Lipinski definition) is 1. The first kappa shape index (κ1) is 8.58. The molecule has 1 aliphatic heterocycles. The minimum atomic E-state index is -2.63. The van der Waals surface area contributed by atoms with E-state index in [1.165, 1.54) is 10.9 Å². The predicted octanol–water partition coefficient (Wildman–Crippen LogP) is 0.747. The number of ether oxygens (including phenoxy) is 1. The van der Waals surface area contributed by atoms with E-state index in [2.05, 4.69) is 9.84 Å². The molecule has 2 rings (SSSR count). The number of hydrogen-bond acceptors (Lipinski definition) is 3. The Morgan fingerprint density at radius 1 is 1.69 bits per heavy atom. The predicted molar refractivity (Wildman–Crippen MR) is 38.0 cm³/mol. The van der Waals surface area contributed by atoms with Gasteiger partial charge in [0.1, 0.15) is 11.8 Å². The average molecular weight is 190 g/mol. The molecule has 2 atom stereocenters. The lowest BCUT2D eigenvalue weighted by Crippen LogP contribution is -1.93. The maximum absolute atomic E-state index is 12.3. The van der Waals surface area contributed by atoms with Gasteiger partial charge in [0.15, 0.2) is 6.29 Å². The van der Waals surface area contributed by atoms with Gasteiger partial charge in [0.25, 0.3) is 6.43 Å². The molecule has 13 heavy (non-hydrogen) atoms. The summed E-state index contributed by atoms with van der Waals surface area (Å²) in [5, 5.41) is 12.5. The van der Waals surface area contributed by atoms with Crippen molar-refractivity contribution in [1.29, 1.82) is 0 Å². The fraction of sp³-hybridized carbons (Fsp3) is 0.571. The van der Waals surface area contributed by atoms with E-state index in [0.717, 1.165) is 0 Å². The molecule has 4 nitrogen and oxygen atoms in total. The van der Waals surface area contributed by atoms with Gasteiger partial charge in [0.05, 0.1) is 0 Å². The largest absolute Gasteiger partial charge is 0.366 e. The van der Waals surface area contributed by atoms with Crippen LogP contribution in [0.4, 0.5) is 8.78 Å². The van der Waals surface area contributed by atoms with Gasteiger partial charge in [-0.25, -0.2) is 8.78 Å². The third-order valence-electron chi connectivity index (χ3n) is 1.87. The summed E-state index contributed by atoms with van der Waals surface area (Å²) in [5.74, 6) is 0. The summed E-state index contributed by atoms with van der Waals surface area (Å²) in [7, 11) is 1.55. The van der Waals surface area contributed by atoms with Gasteiger partial charge in [-0.15, -0.1) is 0 Å². The summed E-state index contributed by atoms with van der Waals surface area (Å²) in [6, 6.07) is 0. The Kier molecular flexibility index (Phi) is 1.81. The normalized spacial score (nSPS) is 26.8. The van der Waals surface area contributed by atoms with Crippen molar-refractivity contribution in [2.75, 3.05) is 0 Å². The Labute approximate surface area is 72.7 Å². The van der Waals surface area contributed by atoms with Crippen molar-refractivity contribution >= 4 is 0 Å². The zero-order valence-corrected chi connectivity index (χ0v) is 6.82. The Morgan fingerprint density at radius 3 is 2.77 bits per heavy atom. The Bertz CT molecular complexity index is 326. The van der Waals surface area contributed by atoms with Crippen LogP contribution < -0.4 is 0 Å². The minimum Gasteiger partial charge on any atom is -0.366 e. The molecule has 72 valence electrons. The van der Waals surface area contributed by atoms with Gasteiger partial charge in [-0.05, 0) is 0 Å². The smallest absolute Gasteiger partial charge is 0.282 e. The van der Waals surface area contributed by atoms with E-state index in [4.69, 9.17) is 5.11 Å². The minimum absolute atomic E-state index is 0.269. The van der Waals surface area contributed by atoms with Crippen molar-refractivity contribution in [3.8, 4) is 0 Å². The summed E-state index contributed by atoms with van der Waals surface area (Å²) in [6.07, 6.45) is -2.78. The molecule has 0 aliphatic carbocycles. The van der Waals surface area contributed by atoms with Gasteiger partial charge in [-0.2, -0.15) is 5.10 Å². The van der Waals surface area contributed by atoms with Crippen LogP contribution in [0.3, 0.4) is 0 Å². The molecular formula is C7H8F2N2O2. The maximum atomic E-state index is 12.3. The van der Waals surface area contributed by atoms with E-state index in [9.17, 15) is 8.78 Å². The highest BCUT2D eigenvalue weighted by Gasteiger charge is 2.42. The highest BCUT2D eigenvalue weighted by atomic mass is 19.3. The molecule has 1 saturated heterocycles. The van der Waals surface area contributed by atoms with Gasteiger partial charge < -0.3 is 9.84 Å². The number of rotatable bonds is 2. The SMILES string of the molecule is Cn1cc(C2OC2O)c(C(F)F)n1. The number of aromatic nitrogens is 2. The average Bonchev–Trinajstić information content (AvgIpc) is 2.60. The van der Waals surface area contributed by atoms with Crippen LogP contribution in [0.25, 0.3) is 0 Å². The summed E-state index contributed by atoms with van der Waals surface area (Å²) in [4.78, 5) is 0. The van der Waals surface area contributed by atoms with Crippen molar-refractivity contribution < 1.29 is 18.6 Å². The first-order chi connectivity index (χ1) is 6.09. The molecular weight excluding hydrogens is 182 g/mol. The van der Waals surface area contributed by atoms with Gasteiger partial charge in [0.2, 0.25) is 0 Å². The quantitative estimate of drug-likeness (QED) is 0.700. The van der Waals surface area contributed by atoms with Gasteiger partial charge in [-0.3, -0.25) is 4.68 Å². The summed E-state index contributed by atoms with van der Waals surface area (Å²) < 4.78 is 30.6.